The highest BCUT2D eigenvalue weighted by Crippen LogP contribution is 2.29. The summed E-state index contributed by atoms with van der Waals surface area (Å²) >= 11 is 0. The molecule has 1 heterocycles. The molecule has 7 nitrogen and oxygen atoms in total. The topological polar surface area (TPSA) is 90.4 Å². The van der Waals surface area contributed by atoms with Crippen molar-refractivity contribution >= 4 is 23.5 Å². The lowest BCUT2D eigenvalue weighted by Crippen LogP contribution is -2.14. The first-order valence-corrected chi connectivity index (χ1v) is 10.0. The van der Waals surface area contributed by atoms with E-state index in [9.17, 15) is 9.59 Å². The molecule has 0 saturated heterocycles. The van der Waals surface area contributed by atoms with E-state index < -0.39 is 0 Å². The molecule has 0 spiro atoms. The smallest absolute Gasteiger partial charge is 0.263 e. The van der Waals surface area contributed by atoms with Crippen LogP contribution in [0.4, 0.5) is 5.69 Å². The molecule has 1 N–H and O–H groups in total. The van der Waals surface area contributed by atoms with E-state index in [-0.39, 0.29) is 11.7 Å². The van der Waals surface area contributed by atoms with Crippen LogP contribution < -0.4 is 14.8 Å². The molecule has 0 aliphatic rings. The molecule has 3 aromatic rings. The quantitative estimate of drug-likeness (QED) is 0.435. The first-order valence-electron chi connectivity index (χ1n) is 10.0. The average Bonchev–Trinajstić information content (AvgIpc) is 2.80. The Balaban J connectivity index is 1.74. The third kappa shape index (κ3) is 5.00. The molecule has 3 rings (SSSR count). The second-order valence-corrected chi connectivity index (χ2v) is 7.13. The van der Waals surface area contributed by atoms with Crippen molar-refractivity contribution in [1.29, 1.82) is 0 Å². The van der Waals surface area contributed by atoms with Crippen LogP contribution in [0, 0.1) is 20.8 Å². The number of rotatable bonds is 7. The van der Waals surface area contributed by atoms with E-state index in [1.807, 2.05) is 20.8 Å². The largest absolute Gasteiger partial charge is 0.496 e. The van der Waals surface area contributed by atoms with Gasteiger partial charge in [-0.1, -0.05) is 6.07 Å². The number of carbonyl (C=O) groups is 2. The third-order valence-electron chi connectivity index (χ3n) is 4.99. The summed E-state index contributed by atoms with van der Waals surface area (Å²) in [7, 11) is 2.98. The SMILES string of the molecule is COc1cccc(OC)c1C(=O)Nc1ccc(C(=O)/C=C/c2nc(C)c(C)nc2C)cc1. The Morgan fingerprint density at radius 1 is 0.844 bits per heavy atom. The van der Waals surface area contributed by atoms with Crippen molar-refractivity contribution < 1.29 is 19.1 Å². The molecule has 0 atom stereocenters. The number of hydrogen-bond acceptors (Lipinski definition) is 6. The van der Waals surface area contributed by atoms with Gasteiger partial charge in [0.1, 0.15) is 17.1 Å². The molecular formula is C25H25N3O4. The van der Waals surface area contributed by atoms with Crippen molar-refractivity contribution in [2.45, 2.75) is 20.8 Å². The number of allylic oxidation sites excluding steroid dienone is 1. The van der Waals surface area contributed by atoms with Gasteiger partial charge in [0.15, 0.2) is 5.78 Å². The number of anilines is 1. The van der Waals surface area contributed by atoms with Gasteiger partial charge in [-0.25, -0.2) is 4.98 Å². The zero-order chi connectivity index (χ0) is 23.3. The fraction of sp³-hybridized carbons (Fsp3) is 0.200. The monoisotopic (exact) mass is 431 g/mol. The summed E-state index contributed by atoms with van der Waals surface area (Å²) in [5, 5.41) is 2.80. The molecule has 0 fully saturated rings. The van der Waals surface area contributed by atoms with Gasteiger partial charge in [0.25, 0.3) is 5.91 Å². The van der Waals surface area contributed by atoms with E-state index in [4.69, 9.17) is 9.47 Å². The maximum Gasteiger partial charge on any atom is 0.263 e. The Hall–Kier alpha value is -4.00. The molecule has 0 radical (unpaired) electrons. The summed E-state index contributed by atoms with van der Waals surface area (Å²) in [6, 6.07) is 11.8. The Bertz CT molecular complexity index is 1160. The Morgan fingerprint density at radius 2 is 1.44 bits per heavy atom. The molecule has 0 saturated carbocycles. The van der Waals surface area contributed by atoms with Crippen molar-refractivity contribution in [1.82, 2.24) is 9.97 Å². The van der Waals surface area contributed by atoms with Gasteiger partial charge in [-0.3, -0.25) is 14.6 Å². The Morgan fingerprint density at radius 3 is 2.03 bits per heavy atom. The Kier molecular flexibility index (Phi) is 7.00. The van der Waals surface area contributed by atoms with Gasteiger partial charge in [-0.05, 0) is 69.3 Å². The number of carbonyl (C=O) groups excluding carboxylic acids is 2. The highest BCUT2D eigenvalue weighted by Gasteiger charge is 2.18. The van der Waals surface area contributed by atoms with Crippen LogP contribution in [0.2, 0.25) is 0 Å². The maximum atomic E-state index is 12.8. The fourth-order valence-electron chi connectivity index (χ4n) is 3.13. The molecule has 2 aromatic carbocycles. The molecule has 0 bridgehead atoms. The lowest BCUT2D eigenvalue weighted by atomic mass is 10.1. The lowest BCUT2D eigenvalue weighted by molar-refractivity contribution is 0.101. The summed E-state index contributed by atoms with van der Waals surface area (Å²) in [4.78, 5) is 34.2. The molecule has 32 heavy (non-hydrogen) atoms. The van der Waals surface area contributed by atoms with E-state index >= 15 is 0 Å². The highest BCUT2D eigenvalue weighted by molar-refractivity contribution is 6.09. The van der Waals surface area contributed by atoms with Gasteiger partial charge >= 0.3 is 0 Å². The number of benzene rings is 2. The summed E-state index contributed by atoms with van der Waals surface area (Å²) in [6.07, 6.45) is 3.14. The Labute approximate surface area is 187 Å². The molecule has 1 amide bonds. The molecule has 1 aromatic heterocycles. The van der Waals surface area contributed by atoms with Crippen LogP contribution >= 0.6 is 0 Å². The van der Waals surface area contributed by atoms with Gasteiger partial charge in [0, 0.05) is 11.3 Å². The minimum atomic E-state index is -0.373. The van der Waals surface area contributed by atoms with E-state index in [0.717, 1.165) is 17.1 Å². The molecule has 7 heteroatoms. The molecule has 0 aliphatic carbocycles. The first-order chi connectivity index (χ1) is 15.3. The van der Waals surface area contributed by atoms with Crippen molar-refractivity contribution in [2.75, 3.05) is 19.5 Å². The number of nitrogens with zero attached hydrogens (tertiary/aromatic N) is 2. The molecule has 0 unspecified atom stereocenters. The number of ether oxygens (including phenoxy) is 2. The number of aryl methyl sites for hydroxylation is 3. The number of amides is 1. The van der Waals surface area contributed by atoms with Gasteiger partial charge in [0.2, 0.25) is 0 Å². The second kappa shape index (κ2) is 9.87. The van der Waals surface area contributed by atoms with Crippen LogP contribution in [0.3, 0.4) is 0 Å². The average molecular weight is 431 g/mol. The zero-order valence-electron chi connectivity index (χ0n) is 18.7. The first kappa shape index (κ1) is 22.7. The van der Waals surface area contributed by atoms with Crippen LogP contribution in [-0.2, 0) is 0 Å². The highest BCUT2D eigenvalue weighted by atomic mass is 16.5. The molecule has 164 valence electrons. The lowest BCUT2D eigenvalue weighted by Gasteiger charge is -2.13. The summed E-state index contributed by atoms with van der Waals surface area (Å²) in [5.74, 6) is 0.266. The van der Waals surface area contributed by atoms with Gasteiger partial charge in [0.05, 0.1) is 37.0 Å². The van der Waals surface area contributed by atoms with E-state index in [1.54, 1.807) is 48.5 Å². The third-order valence-corrected chi connectivity index (χ3v) is 4.99. The fourth-order valence-corrected chi connectivity index (χ4v) is 3.13. The molecular weight excluding hydrogens is 406 g/mol. The number of hydrogen-bond donors (Lipinski definition) is 1. The van der Waals surface area contributed by atoms with Gasteiger partial charge < -0.3 is 14.8 Å². The van der Waals surface area contributed by atoms with Crippen LogP contribution in [0.1, 0.15) is 43.5 Å². The van der Waals surface area contributed by atoms with Crippen molar-refractivity contribution in [2.24, 2.45) is 0 Å². The number of methoxy groups -OCH3 is 2. The predicted octanol–water partition coefficient (Wildman–Crippen LogP) is 4.57. The van der Waals surface area contributed by atoms with Crippen LogP contribution in [0.5, 0.6) is 11.5 Å². The minimum Gasteiger partial charge on any atom is -0.496 e. The maximum absolute atomic E-state index is 12.8. The predicted molar refractivity (Wildman–Crippen MR) is 124 cm³/mol. The summed E-state index contributed by atoms with van der Waals surface area (Å²) < 4.78 is 10.6. The van der Waals surface area contributed by atoms with Gasteiger partial charge in [-0.2, -0.15) is 0 Å². The van der Waals surface area contributed by atoms with Crippen molar-refractivity contribution in [3.8, 4) is 11.5 Å². The van der Waals surface area contributed by atoms with Crippen LogP contribution in [0.15, 0.2) is 48.5 Å². The number of aromatic nitrogens is 2. The van der Waals surface area contributed by atoms with Gasteiger partial charge in [-0.15, -0.1) is 0 Å². The van der Waals surface area contributed by atoms with E-state index in [1.165, 1.54) is 20.3 Å². The van der Waals surface area contributed by atoms with E-state index in [2.05, 4.69) is 15.3 Å². The molecule has 0 aliphatic heterocycles. The number of nitrogens with one attached hydrogen (secondary N) is 1. The zero-order valence-corrected chi connectivity index (χ0v) is 18.7. The van der Waals surface area contributed by atoms with Crippen LogP contribution in [-0.4, -0.2) is 35.9 Å². The summed E-state index contributed by atoms with van der Waals surface area (Å²) in [5.41, 5.74) is 4.45. The standard InChI is InChI=1S/C25H25N3O4/c1-15-16(2)27-20(17(3)26-15)13-14-21(29)18-9-11-19(12-10-18)28-25(30)24-22(31-4)7-6-8-23(24)32-5/h6-14H,1-5H3,(H,28,30)/b14-13+. The van der Waals surface area contributed by atoms with Crippen LogP contribution in [0.25, 0.3) is 6.08 Å². The second-order valence-electron chi connectivity index (χ2n) is 7.13. The van der Waals surface area contributed by atoms with E-state index in [0.29, 0.717) is 34.0 Å². The minimum absolute atomic E-state index is 0.172. The van der Waals surface area contributed by atoms with Crippen molar-refractivity contribution in [3.05, 3.63) is 82.4 Å². The van der Waals surface area contributed by atoms with Crippen molar-refractivity contribution in [3.63, 3.8) is 0 Å². The normalized spacial score (nSPS) is 10.8. The number of ketones is 1. The summed E-state index contributed by atoms with van der Waals surface area (Å²) in [6.45, 7) is 5.64.